The molecular weight excluding hydrogens is 474 g/mol. The van der Waals surface area contributed by atoms with Gasteiger partial charge in [0.05, 0.1) is 18.2 Å². The van der Waals surface area contributed by atoms with Gasteiger partial charge in [-0.15, -0.1) is 0 Å². The van der Waals surface area contributed by atoms with Crippen molar-refractivity contribution in [1.29, 1.82) is 0 Å². The highest BCUT2D eigenvalue weighted by atomic mass is 32.1. The zero-order valence-electron chi connectivity index (χ0n) is 19.5. The van der Waals surface area contributed by atoms with E-state index in [1.807, 2.05) is 0 Å². The van der Waals surface area contributed by atoms with E-state index in [0.29, 0.717) is 6.42 Å². The summed E-state index contributed by atoms with van der Waals surface area (Å²) in [5, 5.41) is 61.9. The molecule has 3 fully saturated rings. The molecule has 202 valence electrons. The van der Waals surface area contributed by atoms with Crippen LogP contribution in [0.4, 0.5) is 0 Å². The van der Waals surface area contributed by atoms with Gasteiger partial charge in [-0.3, -0.25) is 0 Å². The first kappa shape index (κ1) is 30.1. The molecule has 0 amide bonds. The van der Waals surface area contributed by atoms with Gasteiger partial charge in [-0.05, 0) is 26.2 Å². The molecule has 13 nitrogen and oxygen atoms in total. The monoisotopic (exact) mass is 515 g/mol. The summed E-state index contributed by atoms with van der Waals surface area (Å²) < 4.78 is 23.1. The molecule has 0 spiro atoms. The zero-order valence-corrected chi connectivity index (χ0v) is 20.5. The van der Waals surface area contributed by atoms with E-state index < -0.39 is 91.7 Å². The van der Waals surface area contributed by atoms with E-state index in [-0.39, 0.29) is 19.4 Å². The molecule has 3 aliphatic rings. The fourth-order valence-electron chi connectivity index (χ4n) is 4.76. The van der Waals surface area contributed by atoms with Crippen LogP contribution in [0.25, 0.3) is 0 Å². The molecule has 0 aromatic heterocycles. The number of hydrogen-bond acceptors (Lipinski definition) is 13. The van der Waals surface area contributed by atoms with Crippen LogP contribution in [0.1, 0.15) is 27.2 Å². The van der Waals surface area contributed by atoms with Crippen molar-refractivity contribution in [3.05, 3.63) is 0 Å². The van der Waals surface area contributed by atoms with Gasteiger partial charge in [0.1, 0.15) is 48.8 Å². The molecule has 2 aliphatic heterocycles. The van der Waals surface area contributed by atoms with E-state index in [0.717, 1.165) is 0 Å². The Balaban J connectivity index is 0.00000408. The van der Waals surface area contributed by atoms with Gasteiger partial charge in [-0.25, -0.2) is 0 Å². The fourth-order valence-corrected chi connectivity index (χ4v) is 4.76. The van der Waals surface area contributed by atoms with E-state index in [4.69, 9.17) is 36.1 Å². The second-order valence-corrected chi connectivity index (χ2v) is 9.65. The van der Waals surface area contributed by atoms with Gasteiger partial charge in [0.2, 0.25) is 0 Å². The topological polar surface area (TPSA) is 236 Å². The SMILES string of the molecule is C[C@@H]1CC(N)[C@@H](O[C@H]2OC([C@@H](C)O)[C@@H](O)[C@H](O)C2N)[C@H](O[C@@H]2O[C@H]([C@H](C)N)[C@H](O)C2O)C1O.S. The Kier molecular flexibility index (Phi) is 10.5. The maximum atomic E-state index is 10.9. The summed E-state index contributed by atoms with van der Waals surface area (Å²) >= 11 is 0. The number of aliphatic hydroxyl groups excluding tert-OH is 6. The summed E-state index contributed by atoms with van der Waals surface area (Å²) in [4.78, 5) is 0. The molecule has 1 saturated carbocycles. The summed E-state index contributed by atoms with van der Waals surface area (Å²) in [6.45, 7) is 4.77. The average Bonchev–Trinajstić information content (AvgIpc) is 3.02. The van der Waals surface area contributed by atoms with E-state index in [2.05, 4.69) is 0 Å². The summed E-state index contributed by atoms with van der Waals surface area (Å²) in [6, 6.07) is -2.44. The lowest BCUT2D eigenvalue weighted by Crippen LogP contribution is -2.67. The summed E-state index contributed by atoms with van der Waals surface area (Å²) in [7, 11) is 0. The Morgan fingerprint density at radius 2 is 1.32 bits per heavy atom. The van der Waals surface area contributed by atoms with Crippen molar-refractivity contribution in [2.24, 2.45) is 23.1 Å². The normalized spacial score (nSPS) is 51.5. The van der Waals surface area contributed by atoms with Gasteiger partial charge in [0.25, 0.3) is 0 Å². The van der Waals surface area contributed by atoms with Crippen LogP contribution in [0.3, 0.4) is 0 Å². The molecule has 16 atom stereocenters. The minimum atomic E-state index is -1.45. The van der Waals surface area contributed by atoms with Crippen molar-refractivity contribution in [1.82, 2.24) is 0 Å². The Labute approximate surface area is 205 Å². The minimum Gasteiger partial charge on any atom is -0.391 e. The van der Waals surface area contributed by atoms with Gasteiger partial charge < -0.3 is 66.8 Å². The predicted octanol–water partition coefficient (Wildman–Crippen LogP) is -4.45. The molecule has 0 aromatic rings. The molecule has 0 aromatic carbocycles. The molecule has 2 saturated heterocycles. The highest BCUT2D eigenvalue weighted by Gasteiger charge is 2.52. The molecule has 1 aliphatic carbocycles. The number of rotatable bonds is 6. The third-order valence-corrected chi connectivity index (χ3v) is 6.83. The molecule has 0 radical (unpaired) electrons. The lowest BCUT2D eigenvalue weighted by molar-refractivity contribution is -0.317. The van der Waals surface area contributed by atoms with E-state index in [1.165, 1.54) is 6.92 Å². The maximum absolute atomic E-state index is 10.9. The van der Waals surface area contributed by atoms with E-state index >= 15 is 0 Å². The van der Waals surface area contributed by atoms with Gasteiger partial charge in [0, 0.05) is 12.1 Å². The van der Waals surface area contributed by atoms with Crippen LogP contribution >= 0.6 is 13.5 Å². The van der Waals surface area contributed by atoms with Crippen LogP contribution in [-0.2, 0) is 18.9 Å². The lowest BCUT2D eigenvalue weighted by Gasteiger charge is -2.47. The standard InChI is InChI=1S/C20H39N3O10.H2S/c1-5-4-8(22)17(32-19-9(23)11(26)12(27)16(31-19)7(3)24)18(10(5)25)33-20-14(29)13(28)15(30-20)6(2)21;/h5-20,24-29H,4,21-23H2,1-3H3;1H2/t5-,6+,7-,8?,9?,10?,11-,12+,13-,14?,15-,16?,17-,18-,19-,20+;/m1./s1. The predicted molar refractivity (Wildman–Crippen MR) is 123 cm³/mol. The van der Waals surface area contributed by atoms with Gasteiger partial charge >= 0.3 is 0 Å². The lowest BCUT2D eigenvalue weighted by atomic mass is 9.80. The van der Waals surface area contributed by atoms with Crippen LogP contribution in [0.5, 0.6) is 0 Å². The Morgan fingerprint density at radius 1 is 0.794 bits per heavy atom. The largest absolute Gasteiger partial charge is 0.391 e. The van der Waals surface area contributed by atoms with Crippen LogP contribution < -0.4 is 17.2 Å². The highest BCUT2D eigenvalue weighted by Crippen LogP contribution is 2.35. The van der Waals surface area contributed by atoms with Crippen molar-refractivity contribution < 1.29 is 49.6 Å². The molecule has 12 N–H and O–H groups in total. The third-order valence-electron chi connectivity index (χ3n) is 6.83. The van der Waals surface area contributed by atoms with Crippen molar-refractivity contribution in [2.75, 3.05) is 0 Å². The molecule has 0 bridgehead atoms. The highest BCUT2D eigenvalue weighted by molar-refractivity contribution is 7.59. The van der Waals surface area contributed by atoms with Crippen molar-refractivity contribution in [3.63, 3.8) is 0 Å². The summed E-state index contributed by atoms with van der Waals surface area (Å²) in [5.41, 5.74) is 18.1. The van der Waals surface area contributed by atoms with E-state index in [9.17, 15) is 30.6 Å². The first-order valence-corrected chi connectivity index (χ1v) is 11.3. The Bertz CT molecular complexity index is 652. The fraction of sp³-hybridized carbons (Fsp3) is 1.00. The first-order chi connectivity index (χ1) is 15.3. The first-order valence-electron chi connectivity index (χ1n) is 11.3. The van der Waals surface area contributed by atoms with Crippen molar-refractivity contribution >= 4 is 13.5 Å². The molecule has 34 heavy (non-hydrogen) atoms. The van der Waals surface area contributed by atoms with Crippen LogP contribution in [0.2, 0.25) is 0 Å². The summed E-state index contributed by atoms with van der Waals surface area (Å²) in [6.07, 6.45) is -14.2. The van der Waals surface area contributed by atoms with Crippen LogP contribution in [-0.4, -0.2) is 122 Å². The average molecular weight is 516 g/mol. The smallest absolute Gasteiger partial charge is 0.187 e. The van der Waals surface area contributed by atoms with Crippen LogP contribution in [0.15, 0.2) is 0 Å². The quantitative estimate of drug-likeness (QED) is 0.162. The number of ether oxygens (including phenoxy) is 4. The second kappa shape index (κ2) is 11.9. The van der Waals surface area contributed by atoms with Gasteiger partial charge in [0.15, 0.2) is 12.6 Å². The molecule has 14 heteroatoms. The van der Waals surface area contributed by atoms with Crippen molar-refractivity contribution in [2.45, 2.75) is 119 Å². The Morgan fingerprint density at radius 3 is 1.85 bits per heavy atom. The Hall–Kier alpha value is -0.170. The third kappa shape index (κ3) is 5.86. The van der Waals surface area contributed by atoms with Crippen LogP contribution in [0, 0.1) is 5.92 Å². The second-order valence-electron chi connectivity index (χ2n) is 9.65. The minimum absolute atomic E-state index is 0. The molecular formula is C20H41N3O10S. The molecule has 5 unspecified atom stereocenters. The number of hydrogen-bond donors (Lipinski definition) is 9. The molecule has 3 rings (SSSR count). The number of aliphatic hydroxyl groups is 6. The van der Waals surface area contributed by atoms with Crippen molar-refractivity contribution in [3.8, 4) is 0 Å². The number of nitrogens with two attached hydrogens (primary N) is 3. The van der Waals surface area contributed by atoms with Gasteiger partial charge in [-0.1, -0.05) is 6.92 Å². The van der Waals surface area contributed by atoms with Gasteiger partial charge in [-0.2, -0.15) is 13.5 Å². The van der Waals surface area contributed by atoms with E-state index in [1.54, 1.807) is 13.8 Å². The zero-order chi connectivity index (χ0) is 24.8. The maximum Gasteiger partial charge on any atom is 0.187 e. The molecule has 2 heterocycles. The summed E-state index contributed by atoms with van der Waals surface area (Å²) in [5.74, 6) is -0.295.